The van der Waals surface area contributed by atoms with Crippen LogP contribution in [0.3, 0.4) is 0 Å². The fraction of sp³-hybridized carbons (Fsp3) is 0.417. The van der Waals surface area contributed by atoms with Gasteiger partial charge in [-0.25, -0.2) is 0 Å². The molecule has 0 bridgehead atoms. The van der Waals surface area contributed by atoms with Gasteiger partial charge in [-0.1, -0.05) is 6.08 Å². The number of carbonyl (C=O) groups excluding carboxylic acids is 1. The van der Waals surface area contributed by atoms with Crippen LogP contribution in [0.25, 0.3) is 5.57 Å². The maximum atomic E-state index is 11.1. The van der Waals surface area contributed by atoms with Crippen molar-refractivity contribution in [2.45, 2.75) is 26.7 Å². The molecule has 88 valence electrons. The summed E-state index contributed by atoms with van der Waals surface area (Å²) in [4.78, 5) is 12.3. The molecule has 0 spiro atoms. The number of allylic oxidation sites excluding steroid dienone is 2. The van der Waals surface area contributed by atoms with Gasteiger partial charge in [0.1, 0.15) is 0 Å². The topological polar surface area (TPSA) is 26.3 Å². The standard InChI is InChI=1S/C12H15BrO2S/c1-3-15-11(14)6-4-5-9(2)12-10(13)7-8-16-12/h5,7-8H,3-4,6H2,1-2H3/b9-5+. The third kappa shape index (κ3) is 4.10. The second kappa shape index (κ2) is 6.86. The van der Waals surface area contributed by atoms with Crippen molar-refractivity contribution in [1.82, 2.24) is 0 Å². The van der Waals surface area contributed by atoms with Crippen LogP contribution in [-0.2, 0) is 9.53 Å². The minimum absolute atomic E-state index is 0.128. The molecular formula is C12H15BrO2S. The summed E-state index contributed by atoms with van der Waals surface area (Å²) in [6, 6.07) is 2.03. The minimum atomic E-state index is -0.128. The quantitative estimate of drug-likeness (QED) is 0.760. The van der Waals surface area contributed by atoms with E-state index in [2.05, 4.69) is 28.9 Å². The highest BCUT2D eigenvalue weighted by atomic mass is 79.9. The molecule has 16 heavy (non-hydrogen) atoms. The van der Waals surface area contributed by atoms with E-state index in [1.165, 1.54) is 10.5 Å². The van der Waals surface area contributed by atoms with Gasteiger partial charge in [0.05, 0.1) is 6.61 Å². The van der Waals surface area contributed by atoms with E-state index in [1.54, 1.807) is 11.3 Å². The van der Waals surface area contributed by atoms with Crippen LogP contribution in [0.4, 0.5) is 0 Å². The van der Waals surface area contributed by atoms with Crippen LogP contribution < -0.4 is 0 Å². The van der Waals surface area contributed by atoms with Gasteiger partial charge in [0.25, 0.3) is 0 Å². The number of hydrogen-bond acceptors (Lipinski definition) is 3. The highest BCUT2D eigenvalue weighted by molar-refractivity contribution is 9.10. The van der Waals surface area contributed by atoms with Crippen LogP contribution in [0.1, 0.15) is 31.6 Å². The van der Waals surface area contributed by atoms with Crippen molar-refractivity contribution in [2.24, 2.45) is 0 Å². The molecule has 0 radical (unpaired) electrons. The van der Waals surface area contributed by atoms with Crippen molar-refractivity contribution in [3.8, 4) is 0 Å². The summed E-state index contributed by atoms with van der Waals surface area (Å²) < 4.78 is 5.98. The predicted octanol–water partition coefficient (Wildman–Crippen LogP) is 4.26. The van der Waals surface area contributed by atoms with Gasteiger partial charge >= 0.3 is 5.97 Å². The summed E-state index contributed by atoms with van der Waals surface area (Å²) in [5, 5.41) is 2.04. The number of rotatable bonds is 5. The Balaban J connectivity index is 2.46. The Morgan fingerprint density at radius 2 is 2.38 bits per heavy atom. The molecule has 1 aromatic heterocycles. The van der Waals surface area contributed by atoms with Crippen molar-refractivity contribution in [1.29, 1.82) is 0 Å². The number of carbonyl (C=O) groups is 1. The summed E-state index contributed by atoms with van der Waals surface area (Å²) in [6.45, 7) is 4.33. The van der Waals surface area contributed by atoms with Crippen LogP contribution in [0.15, 0.2) is 22.0 Å². The lowest BCUT2D eigenvalue weighted by atomic mass is 10.2. The van der Waals surface area contributed by atoms with Crippen LogP contribution in [0.2, 0.25) is 0 Å². The van der Waals surface area contributed by atoms with E-state index in [1.807, 2.05) is 18.4 Å². The summed E-state index contributed by atoms with van der Waals surface area (Å²) in [7, 11) is 0. The number of esters is 1. The van der Waals surface area contributed by atoms with Gasteiger partial charge in [0.2, 0.25) is 0 Å². The second-order valence-electron chi connectivity index (χ2n) is 3.33. The number of hydrogen-bond donors (Lipinski definition) is 0. The van der Waals surface area contributed by atoms with Gasteiger partial charge < -0.3 is 4.74 Å². The fourth-order valence-electron chi connectivity index (χ4n) is 1.31. The second-order valence-corrected chi connectivity index (χ2v) is 5.10. The molecule has 0 aliphatic heterocycles. The molecule has 0 unspecified atom stereocenters. The Labute approximate surface area is 108 Å². The zero-order chi connectivity index (χ0) is 12.0. The average Bonchev–Trinajstić information content (AvgIpc) is 2.64. The molecule has 0 atom stereocenters. The first-order chi connectivity index (χ1) is 7.65. The highest BCUT2D eigenvalue weighted by Gasteiger charge is 2.04. The van der Waals surface area contributed by atoms with Gasteiger partial charge in [-0.15, -0.1) is 11.3 Å². The summed E-state index contributed by atoms with van der Waals surface area (Å²) >= 11 is 5.19. The normalized spacial score (nSPS) is 11.6. The van der Waals surface area contributed by atoms with Crippen molar-refractivity contribution in [3.05, 3.63) is 26.9 Å². The van der Waals surface area contributed by atoms with E-state index in [0.29, 0.717) is 13.0 Å². The van der Waals surface area contributed by atoms with Gasteiger partial charge in [0, 0.05) is 15.8 Å². The molecule has 1 aromatic rings. The van der Waals surface area contributed by atoms with E-state index < -0.39 is 0 Å². The molecule has 0 saturated carbocycles. The summed E-state index contributed by atoms with van der Waals surface area (Å²) in [5.41, 5.74) is 1.20. The molecule has 0 amide bonds. The SMILES string of the molecule is CCOC(=O)CC/C=C(\C)c1sccc1Br. The first-order valence-electron chi connectivity index (χ1n) is 5.21. The number of ether oxygens (including phenoxy) is 1. The Morgan fingerprint density at radius 1 is 1.62 bits per heavy atom. The molecule has 0 aromatic carbocycles. The molecule has 4 heteroatoms. The van der Waals surface area contributed by atoms with Gasteiger partial charge in [-0.3, -0.25) is 4.79 Å². The highest BCUT2D eigenvalue weighted by Crippen LogP contribution is 2.29. The molecule has 0 N–H and O–H groups in total. The zero-order valence-electron chi connectivity index (χ0n) is 9.46. The molecule has 0 saturated heterocycles. The van der Waals surface area contributed by atoms with Gasteiger partial charge in [-0.2, -0.15) is 0 Å². The number of halogens is 1. The number of thiophene rings is 1. The van der Waals surface area contributed by atoms with E-state index >= 15 is 0 Å². The zero-order valence-corrected chi connectivity index (χ0v) is 11.9. The lowest BCUT2D eigenvalue weighted by Gasteiger charge is -2.00. The predicted molar refractivity (Wildman–Crippen MR) is 71.5 cm³/mol. The third-order valence-corrected chi connectivity index (χ3v) is 4.05. The maximum absolute atomic E-state index is 11.1. The molecule has 0 aliphatic rings. The minimum Gasteiger partial charge on any atom is -0.466 e. The summed E-state index contributed by atoms with van der Waals surface area (Å²) in [5.74, 6) is -0.128. The molecule has 0 fully saturated rings. The van der Waals surface area contributed by atoms with Crippen molar-refractivity contribution in [2.75, 3.05) is 6.61 Å². The van der Waals surface area contributed by atoms with Crippen molar-refractivity contribution in [3.63, 3.8) is 0 Å². The average molecular weight is 303 g/mol. The van der Waals surface area contributed by atoms with Crippen molar-refractivity contribution < 1.29 is 9.53 Å². The van der Waals surface area contributed by atoms with Crippen LogP contribution in [0.5, 0.6) is 0 Å². The Hall–Kier alpha value is -0.610. The lowest BCUT2D eigenvalue weighted by Crippen LogP contribution is -2.02. The van der Waals surface area contributed by atoms with Crippen molar-refractivity contribution >= 4 is 38.8 Å². The largest absolute Gasteiger partial charge is 0.466 e. The smallest absolute Gasteiger partial charge is 0.306 e. The van der Waals surface area contributed by atoms with E-state index in [4.69, 9.17) is 4.74 Å². The molecule has 1 heterocycles. The Morgan fingerprint density at radius 3 is 2.94 bits per heavy atom. The Kier molecular flexibility index (Phi) is 5.77. The molecule has 1 rings (SSSR count). The van der Waals surface area contributed by atoms with Crippen LogP contribution >= 0.6 is 27.3 Å². The third-order valence-electron chi connectivity index (χ3n) is 2.08. The Bertz CT molecular complexity index is 382. The van der Waals surface area contributed by atoms with E-state index in [-0.39, 0.29) is 5.97 Å². The van der Waals surface area contributed by atoms with E-state index in [0.717, 1.165) is 10.9 Å². The van der Waals surface area contributed by atoms with E-state index in [9.17, 15) is 4.79 Å². The maximum Gasteiger partial charge on any atom is 0.306 e. The van der Waals surface area contributed by atoms with Gasteiger partial charge in [0.15, 0.2) is 0 Å². The molecule has 0 aliphatic carbocycles. The molecule has 2 nitrogen and oxygen atoms in total. The molecular weight excluding hydrogens is 288 g/mol. The monoisotopic (exact) mass is 302 g/mol. The summed E-state index contributed by atoms with van der Waals surface area (Å²) in [6.07, 6.45) is 3.26. The van der Waals surface area contributed by atoms with Crippen LogP contribution in [0, 0.1) is 0 Å². The van der Waals surface area contributed by atoms with Crippen LogP contribution in [-0.4, -0.2) is 12.6 Å². The fourth-order valence-corrected chi connectivity index (χ4v) is 3.00. The first-order valence-corrected chi connectivity index (χ1v) is 6.88. The lowest BCUT2D eigenvalue weighted by molar-refractivity contribution is -0.142. The van der Waals surface area contributed by atoms with Gasteiger partial charge in [-0.05, 0) is 53.2 Å². The first kappa shape index (κ1) is 13.5.